The number of ether oxygens (including phenoxy) is 1. The lowest BCUT2D eigenvalue weighted by atomic mass is 10.1. The lowest BCUT2D eigenvalue weighted by Gasteiger charge is -2.07. The van der Waals surface area contributed by atoms with Crippen LogP contribution < -0.4 is 4.74 Å². The summed E-state index contributed by atoms with van der Waals surface area (Å²) in [7, 11) is 0. The Balaban J connectivity index is 2.09. The maximum atomic E-state index is 11.7. The summed E-state index contributed by atoms with van der Waals surface area (Å²) in [6.07, 6.45) is 0.106. The first kappa shape index (κ1) is 12.8. The molecule has 0 saturated heterocycles. The van der Waals surface area contributed by atoms with Crippen LogP contribution in [0.25, 0.3) is 0 Å². The largest absolute Gasteiger partial charge is 0.478 e. The Hall–Kier alpha value is -2.62. The number of para-hydroxylation sites is 1. The Morgan fingerprint density at radius 3 is 2.26 bits per heavy atom. The Bertz CT molecular complexity index is 590. The van der Waals surface area contributed by atoms with E-state index in [4.69, 9.17) is 9.84 Å². The fourth-order valence-electron chi connectivity index (χ4n) is 1.65. The highest BCUT2D eigenvalue weighted by Gasteiger charge is 2.13. The van der Waals surface area contributed by atoms with E-state index in [0.717, 1.165) is 5.56 Å². The summed E-state index contributed by atoms with van der Waals surface area (Å²) in [4.78, 5) is 22.7. The molecule has 2 aromatic rings. The van der Waals surface area contributed by atoms with E-state index in [9.17, 15) is 9.59 Å². The highest BCUT2D eigenvalue weighted by molar-refractivity contribution is 5.92. The minimum absolute atomic E-state index is 0.0242. The van der Waals surface area contributed by atoms with Gasteiger partial charge in [0.1, 0.15) is 11.3 Å². The number of rotatable bonds is 4. The normalized spacial score (nSPS) is 9.89. The van der Waals surface area contributed by atoms with Crippen LogP contribution in [0.5, 0.6) is 5.75 Å². The molecule has 2 rings (SSSR count). The standard InChI is InChI=1S/C15H12O4/c16-14(10-11-6-2-1-3-7-11)19-13-9-5-4-8-12(13)15(17)18/h1-9H,10H2,(H,17,18). The topological polar surface area (TPSA) is 63.6 Å². The first-order valence-corrected chi connectivity index (χ1v) is 5.74. The van der Waals surface area contributed by atoms with E-state index in [-0.39, 0.29) is 17.7 Å². The molecule has 0 bridgehead atoms. The molecule has 0 radical (unpaired) electrons. The van der Waals surface area contributed by atoms with Gasteiger partial charge in [-0.1, -0.05) is 42.5 Å². The van der Waals surface area contributed by atoms with E-state index in [0.29, 0.717) is 0 Å². The number of benzene rings is 2. The minimum atomic E-state index is -1.12. The van der Waals surface area contributed by atoms with Gasteiger partial charge in [-0.15, -0.1) is 0 Å². The zero-order valence-electron chi connectivity index (χ0n) is 10.1. The van der Waals surface area contributed by atoms with Gasteiger partial charge in [0.15, 0.2) is 0 Å². The van der Waals surface area contributed by atoms with Crippen molar-refractivity contribution in [3.63, 3.8) is 0 Å². The second kappa shape index (κ2) is 5.82. The monoisotopic (exact) mass is 256 g/mol. The van der Waals surface area contributed by atoms with Crippen LogP contribution in [0.3, 0.4) is 0 Å². The third-order valence-corrected chi connectivity index (χ3v) is 2.53. The predicted octanol–water partition coefficient (Wildman–Crippen LogP) is 2.53. The number of aromatic carboxylic acids is 1. The van der Waals surface area contributed by atoms with Crippen molar-refractivity contribution in [1.29, 1.82) is 0 Å². The molecule has 0 fully saturated rings. The van der Waals surface area contributed by atoms with Crippen molar-refractivity contribution in [2.24, 2.45) is 0 Å². The number of carboxylic acids is 1. The number of carbonyl (C=O) groups excluding carboxylic acids is 1. The van der Waals surface area contributed by atoms with Crippen LogP contribution in [0.2, 0.25) is 0 Å². The average Bonchev–Trinajstić information content (AvgIpc) is 2.40. The van der Waals surface area contributed by atoms with Crippen molar-refractivity contribution in [1.82, 2.24) is 0 Å². The zero-order chi connectivity index (χ0) is 13.7. The van der Waals surface area contributed by atoms with Crippen molar-refractivity contribution < 1.29 is 19.4 Å². The molecule has 0 aliphatic heterocycles. The SMILES string of the molecule is O=C(Cc1ccccc1)Oc1ccccc1C(=O)O. The highest BCUT2D eigenvalue weighted by Crippen LogP contribution is 2.18. The van der Waals surface area contributed by atoms with Crippen molar-refractivity contribution in [3.05, 3.63) is 65.7 Å². The first-order valence-electron chi connectivity index (χ1n) is 5.74. The zero-order valence-corrected chi connectivity index (χ0v) is 10.1. The smallest absolute Gasteiger partial charge is 0.339 e. The molecule has 0 atom stereocenters. The van der Waals surface area contributed by atoms with Gasteiger partial charge in [0.05, 0.1) is 6.42 Å². The Morgan fingerprint density at radius 1 is 0.947 bits per heavy atom. The van der Waals surface area contributed by atoms with Crippen molar-refractivity contribution in [2.45, 2.75) is 6.42 Å². The van der Waals surface area contributed by atoms with Gasteiger partial charge in [0.2, 0.25) is 0 Å². The second-order valence-electron chi connectivity index (χ2n) is 3.94. The molecule has 0 unspecified atom stereocenters. The summed E-state index contributed by atoms with van der Waals surface area (Å²) in [5.41, 5.74) is 0.796. The molecule has 0 aliphatic carbocycles. The van der Waals surface area contributed by atoms with E-state index in [2.05, 4.69) is 0 Å². The van der Waals surface area contributed by atoms with Crippen LogP contribution in [-0.2, 0) is 11.2 Å². The summed E-state index contributed by atoms with van der Waals surface area (Å²) in [6, 6.07) is 15.2. The van der Waals surface area contributed by atoms with E-state index in [1.807, 2.05) is 30.3 Å². The van der Waals surface area contributed by atoms with Crippen molar-refractivity contribution >= 4 is 11.9 Å². The maximum absolute atomic E-state index is 11.7. The Labute approximate surface area is 110 Å². The van der Waals surface area contributed by atoms with Gasteiger partial charge < -0.3 is 9.84 Å². The lowest BCUT2D eigenvalue weighted by Crippen LogP contribution is -2.13. The summed E-state index contributed by atoms with van der Waals surface area (Å²) >= 11 is 0. The molecule has 0 heterocycles. The van der Waals surface area contributed by atoms with E-state index in [1.165, 1.54) is 12.1 Å². The molecule has 0 aliphatic rings. The van der Waals surface area contributed by atoms with Crippen molar-refractivity contribution in [2.75, 3.05) is 0 Å². The first-order chi connectivity index (χ1) is 9.16. The molecular weight excluding hydrogens is 244 g/mol. The summed E-state index contributed by atoms with van der Waals surface area (Å²) in [5, 5.41) is 8.98. The molecule has 1 N–H and O–H groups in total. The molecule has 0 amide bonds. The third kappa shape index (κ3) is 3.42. The maximum Gasteiger partial charge on any atom is 0.339 e. The van der Waals surface area contributed by atoms with E-state index < -0.39 is 11.9 Å². The van der Waals surface area contributed by atoms with Crippen LogP contribution in [0.1, 0.15) is 15.9 Å². The molecular formula is C15H12O4. The van der Waals surface area contributed by atoms with Gasteiger partial charge in [-0.25, -0.2) is 4.79 Å². The minimum Gasteiger partial charge on any atom is -0.478 e. The summed E-state index contributed by atoms with van der Waals surface area (Å²) in [5.74, 6) is -1.54. The predicted molar refractivity (Wildman–Crippen MR) is 69.2 cm³/mol. The summed E-state index contributed by atoms with van der Waals surface area (Å²) in [6.45, 7) is 0. The van der Waals surface area contributed by atoms with Gasteiger partial charge in [0, 0.05) is 0 Å². The highest BCUT2D eigenvalue weighted by atomic mass is 16.5. The quantitative estimate of drug-likeness (QED) is 0.674. The van der Waals surface area contributed by atoms with Crippen LogP contribution in [0, 0.1) is 0 Å². The molecule has 96 valence electrons. The number of hydrogen-bond donors (Lipinski definition) is 1. The second-order valence-corrected chi connectivity index (χ2v) is 3.94. The van der Waals surface area contributed by atoms with Gasteiger partial charge in [-0.3, -0.25) is 4.79 Å². The fourth-order valence-corrected chi connectivity index (χ4v) is 1.65. The van der Waals surface area contributed by atoms with Crippen LogP contribution in [0.15, 0.2) is 54.6 Å². The third-order valence-electron chi connectivity index (χ3n) is 2.53. The molecule has 2 aromatic carbocycles. The Morgan fingerprint density at radius 2 is 1.58 bits per heavy atom. The summed E-state index contributed by atoms with van der Waals surface area (Å²) < 4.78 is 5.09. The van der Waals surface area contributed by atoms with Crippen LogP contribution in [-0.4, -0.2) is 17.0 Å². The van der Waals surface area contributed by atoms with Gasteiger partial charge in [-0.2, -0.15) is 0 Å². The molecule has 0 aromatic heterocycles. The number of carboxylic acid groups (broad SMARTS) is 1. The van der Waals surface area contributed by atoms with Crippen LogP contribution in [0.4, 0.5) is 0 Å². The lowest BCUT2D eigenvalue weighted by molar-refractivity contribution is -0.133. The van der Waals surface area contributed by atoms with Gasteiger partial charge in [-0.05, 0) is 17.7 Å². The molecule has 4 nitrogen and oxygen atoms in total. The van der Waals surface area contributed by atoms with Crippen molar-refractivity contribution in [3.8, 4) is 5.75 Å². The fraction of sp³-hybridized carbons (Fsp3) is 0.0667. The molecule has 4 heteroatoms. The van der Waals surface area contributed by atoms with E-state index in [1.54, 1.807) is 12.1 Å². The van der Waals surface area contributed by atoms with Gasteiger partial charge >= 0.3 is 11.9 Å². The van der Waals surface area contributed by atoms with Crippen LogP contribution >= 0.6 is 0 Å². The number of esters is 1. The van der Waals surface area contributed by atoms with Gasteiger partial charge in [0.25, 0.3) is 0 Å². The molecule has 19 heavy (non-hydrogen) atoms. The average molecular weight is 256 g/mol. The number of hydrogen-bond acceptors (Lipinski definition) is 3. The Kier molecular flexibility index (Phi) is 3.93. The molecule has 0 saturated carbocycles. The number of carbonyl (C=O) groups is 2. The van der Waals surface area contributed by atoms with E-state index >= 15 is 0 Å². The molecule has 0 spiro atoms.